The lowest BCUT2D eigenvalue weighted by atomic mass is 10.2. The van der Waals surface area contributed by atoms with Gasteiger partial charge in [-0.15, -0.1) is 0 Å². The number of hydrogen-bond donors (Lipinski definition) is 1. The van der Waals surface area contributed by atoms with Crippen LogP contribution < -0.4 is 4.74 Å². The zero-order chi connectivity index (χ0) is 12.9. The van der Waals surface area contributed by atoms with E-state index in [9.17, 15) is 8.42 Å². The molecule has 0 aliphatic heterocycles. The second-order valence-electron chi connectivity index (χ2n) is 3.38. The quantitative estimate of drug-likeness (QED) is 0.775. The smallest absolute Gasteiger partial charge is 0.300 e. The van der Waals surface area contributed by atoms with Gasteiger partial charge in [-0.25, -0.2) is 0 Å². The van der Waals surface area contributed by atoms with E-state index in [1.165, 1.54) is 6.07 Å². The van der Waals surface area contributed by atoms with Crippen LogP contribution in [-0.2, 0) is 14.3 Å². The topological polar surface area (TPSA) is 72.8 Å². The Morgan fingerprint density at radius 1 is 1.35 bits per heavy atom. The number of aliphatic hydroxyl groups is 1. The van der Waals surface area contributed by atoms with Crippen LogP contribution in [0.2, 0.25) is 0 Å². The molecule has 1 aromatic rings. The monoisotopic (exact) mass is 260 g/mol. The highest BCUT2D eigenvalue weighted by molar-refractivity contribution is 7.86. The van der Waals surface area contributed by atoms with Gasteiger partial charge in [-0.05, 0) is 31.5 Å². The Balaban J connectivity index is 3.14. The summed E-state index contributed by atoms with van der Waals surface area (Å²) in [6.07, 6.45) is 0. The van der Waals surface area contributed by atoms with Crippen molar-refractivity contribution in [2.24, 2.45) is 0 Å². The van der Waals surface area contributed by atoms with Gasteiger partial charge in [-0.1, -0.05) is 6.07 Å². The third-order valence-corrected chi connectivity index (χ3v) is 3.41. The van der Waals surface area contributed by atoms with Crippen LogP contribution in [0.3, 0.4) is 0 Å². The molecule has 0 radical (unpaired) electrons. The normalized spacial score (nSPS) is 11.5. The van der Waals surface area contributed by atoms with Crippen LogP contribution in [0.1, 0.15) is 12.5 Å². The first-order valence-electron chi connectivity index (χ1n) is 5.25. The molecule has 0 amide bonds. The van der Waals surface area contributed by atoms with Crippen LogP contribution in [0.25, 0.3) is 0 Å². The summed E-state index contributed by atoms with van der Waals surface area (Å²) in [5.41, 5.74) is 0.869. The van der Waals surface area contributed by atoms with Crippen molar-refractivity contribution in [3.8, 4) is 5.75 Å². The van der Waals surface area contributed by atoms with Crippen LogP contribution >= 0.6 is 0 Å². The van der Waals surface area contributed by atoms with Gasteiger partial charge in [0.1, 0.15) is 17.3 Å². The molecular weight excluding hydrogens is 244 g/mol. The second-order valence-corrected chi connectivity index (χ2v) is 4.97. The largest absolute Gasteiger partial charge is 0.490 e. The van der Waals surface area contributed by atoms with Crippen molar-refractivity contribution >= 4 is 10.1 Å². The van der Waals surface area contributed by atoms with E-state index in [1.807, 2.05) is 6.92 Å². The Morgan fingerprint density at radius 3 is 2.65 bits per heavy atom. The summed E-state index contributed by atoms with van der Waals surface area (Å²) in [5.74, 6) is 0.201. The fraction of sp³-hybridized carbons (Fsp3) is 0.455. The summed E-state index contributed by atoms with van der Waals surface area (Å²) in [6, 6.07) is 4.70. The second kappa shape index (κ2) is 6.00. The van der Waals surface area contributed by atoms with E-state index in [4.69, 9.17) is 14.0 Å². The number of aryl methyl sites for hydroxylation is 1. The molecular formula is C11H16O5S. The predicted molar refractivity (Wildman–Crippen MR) is 62.6 cm³/mol. The first-order chi connectivity index (χ1) is 8.01. The van der Waals surface area contributed by atoms with E-state index in [0.29, 0.717) is 0 Å². The number of ether oxygens (including phenoxy) is 1. The fourth-order valence-electron chi connectivity index (χ4n) is 1.31. The minimum Gasteiger partial charge on any atom is -0.490 e. The summed E-state index contributed by atoms with van der Waals surface area (Å²) >= 11 is 0. The molecule has 5 nitrogen and oxygen atoms in total. The molecule has 1 rings (SSSR count). The Hall–Kier alpha value is -1.11. The zero-order valence-corrected chi connectivity index (χ0v) is 10.7. The summed E-state index contributed by atoms with van der Waals surface area (Å²) in [4.78, 5) is -0.0154. The average Bonchev–Trinajstić information content (AvgIpc) is 2.26. The molecule has 0 aliphatic rings. The molecule has 0 aliphatic carbocycles. The average molecular weight is 260 g/mol. The molecule has 96 valence electrons. The lowest BCUT2D eigenvalue weighted by Gasteiger charge is -2.11. The molecule has 0 fully saturated rings. The maximum atomic E-state index is 11.8. The van der Waals surface area contributed by atoms with Crippen LogP contribution in [0, 0.1) is 6.92 Å². The molecule has 6 heteroatoms. The van der Waals surface area contributed by atoms with Gasteiger partial charge in [-0.3, -0.25) is 4.18 Å². The van der Waals surface area contributed by atoms with Crippen molar-refractivity contribution in [3.05, 3.63) is 23.8 Å². The van der Waals surface area contributed by atoms with Gasteiger partial charge in [0, 0.05) is 0 Å². The SMILES string of the molecule is CCOS(=O)(=O)c1ccc(C)cc1OCCO. The molecule has 0 aromatic heterocycles. The zero-order valence-electron chi connectivity index (χ0n) is 9.84. The van der Waals surface area contributed by atoms with Crippen molar-refractivity contribution in [3.63, 3.8) is 0 Å². The highest BCUT2D eigenvalue weighted by atomic mass is 32.2. The summed E-state index contributed by atoms with van der Waals surface area (Å²) in [7, 11) is -3.79. The van der Waals surface area contributed by atoms with E-state index in [1.54, 1.807) is 19.1 Å². The molecule has 0 saturated carbocycles. The Kier molecular flexibility index (Phi) is 4.92. The van der Waals surface area contributed by atoms with Crippen LogP contribution in [0.4, 0.5) is 0 Å². The summed E-state index contributed by atoms with van der Waals surface area (Å²) in [6.45, 7) is 3.35. The van der Waals surface area contributed by atoms with Crippen LogP contribution in [0.5, 0.6) is 5.75 Å². The van der Waals surface area contributed by atoms with Gasteiger partial charge in [0.15, 0.2) is 0 Å². The summed E-state index contributed by atoms with van der Waals surface area (Å²) in [5, 5.41) is 8.69. The number of aliphatic hydroxyl groups excluding tert-OH is 1. The molecule has 0 spiro atoms. The molecule has 0 bridgehead atoms. The van der Waals surface area contributed by atoms with E-state index in [2.05, 4.69) is 0 Å². The van der Waals surface area contributed by atoms with Gasteiger partial charge < -0.3 is 9.84 Å². The summed E-state index contributed by atoms with van der Waals surface area (Å²) < 4.78 is 33.4. The minimum absolute atomic E-state index is 0.0154. The van der Waals surface area contributed by atoms with E-state index < -0.39 is 10.1 Å². The maximum Gasteiger partial charge on any atom is 0.300 e. The molecule has 17 heavy (non-hydrogen) atoms. The lowest BCUT2D eigenvalue weighted by Crippen LogP contribution is -2.10. The van der Waals surface area contributed by atoms with Gasteiger partial charge in [0.05, 0.1) is 13.2 Å². The molecule has 0 atom stereocenters. The van der Waals surface area contributed by atoms with Gasteiger partial charge in [0.25, 0.3) is 0 Å². The van der Waals surface area contributed by atoms with Crippen molar-refractivity contribution < 1.29 is 22.4 Å². The molecule has 1 N–H and O–H groups in total. The van der Waals surface area contributed by atoms with Crippen LogP contribution in [-0.4, -0.2) is 33.3 Å². The third-order valence-electron chi connectivity index (χ3n) is 1.99. The first kappa shape index (κ1) is 14.0. The fourth-order valence-corrected chi connectivity index (χ4v) is 2.35. The molecule has 0 heterocycles. The van der Waals surface area contributed by atoms with Gasteiger partial charge in [0.2, 0.25) is 0 Å². The Labute approximate surface area is 101 Å². The van der Waals surface area contributed by atoms with Crippen molar-refractivity contribution in [1.29, 1.82) is 0 Å². The minimum atomic E-state index is -3.79. The van der Waals surface area contributed by atoms with Gasteiger partial charge >= 0.3 is 10.1 Å². The van der Waals surface area contributed by atoms with E-state index in [-0.39, 0.29) is 30.5 Å². The number of rotatable bonds is 6. The molecule has 0 saturated heterocycles. The highest BCUT2D eigenvalue weighted by Gasteiger charge is 2.20. The van der Waals surface area contributed by atoms with E-state index in [0.717, 1.165) is 5.56 Å². The van der Waals surface area contributed by atoms with Crippen molar-refractivity contribution in [2.75, 3.05) is 19.8 Å². The van der Waals surface area contributed by atoms with Crippen molar-refractivity contribution in [1.82, 2.24) is 0 Å². The maximum absolute atomic E-state index is 11.8. The highest BCUT2D eigenvalue weighted by Crippen LogP contribution is 2.26. The van der Waals surface area contributed by atoms with Crippen LogP contribution in [0.15, 0.2) is 23.1 Å². The number of benzene rings is 1. The molecule has 0 unspecified atom stereocenters. The van der Waals surface area contributed by atoms with Gasteiger partial charge in [-0.2, -0.15) is 8.42 Å². The standard InChI is InChI=1S/C11H16O5S/c1-3-16-17(13,14)11-5-4-9(2)8-10(11)15-7-6-12/h4-5,8,12H,3,6-7H2,1-2H3. The lowest BCUT2D eigenvalue weighted by molar-refractivity contribution is 0.197. The Morgan fingerprint density at radius 2 is 2.06 bits per heavy atom. The predicted octanol–water partition coefficient (Wildman–Crippen LogP) is 1.09. The molecule has 1 aromatic carbocycles. The van der Waals surface area contributed by atoms with E-state index >= 15 is 0 Å². The third kappa shape index (κ3) is 3.69. The number of hydrogen-bond acceptors (Lipinski definition) is 5. The van der Waals surface area contributed by atoms with Crippen molar-refractivity contribution in [2.45, 2.75) is 18.7 Å². The first-order valence-corrected chi connectivity index (χ1v) is 6.66. The Bertz CT molecular complexity index is 467.